The van der Waals surface area contributed by atoms with Gasteiger partial charge in [0.1, 0.15) is 0 Å². The number of nitrogens with zero attached hydrogens (tertiary/aromatic N) is 1. The van der Waals surface area contributed by atoms with Crippen molar-refractivity contribution in [1.82, 2.24) is 9.88 Å². The zero-order valence-corrected chi connectivity index (χ0v) is 13.5. The van der Waals surface area contributed by atoms with Gasteiger partial charge in [0.05, 0.1) is 0 Å². The number of nitrogens with one attached hydrogen (secondary N) is 1. The van der Waals surface area contributed by atoms with Crippen molar-refractivity contribution in [2.24, 2.45) is 5.73 Å². The molecule has 0 aliphatic carbocycles. The standard InChI is InChI=1S/C20H21N3O/c21-18-7-9-23(13-18)12-14-2-1-3-15(10-14)16-4-5-19-17(11-16)6-8-22-20(19)24/h1-6,8,10-11,18H,7,9,12-13,21H2,(H,22,24)/t18-/m0/s1. The average molecular weight is 319 g/mol. The number of nitrogens with two attached hydrogens (primary N) is 1. The molecule has 24 heavy (non-hydrogen) atoms. The number of benzene rings is 2. The van der Waals surface area contributed by atoms with E-state index in [1.54, 1.807) is 6.20 Å². The maximum absolute atomic E-state index is 11.8. The number of aromatic nitrogens is 1. The largest absolute Gasteiger partial charge is 0.329 e. The highest BCUT2D eigenvalue weighted by atomic mass is 16.1. The van der Waals surface area contributed by atoms with Crippen molar-refractivity contribution in [2.45, 2.75) is 19.0 Å². The molecule has 1 fully saturated rings. The van der Waals surface area contributed by atoms with Gasteiger partial charge in [-0.05, 0) is 52.8 Å². The maximum atomic E-state index is 11.8. The Balaban J connectivity index is 1.64. The van der Waals surface area contributed by atoms with E-state index in [-0.39, 0.29) is 5.56 Å². The van der Waals surface area contributed by atoms with Crippen molar-refractivity contribution in [3.8, 4) is 11.1 Å². The zero-order chi connectivity index (χ0) is 16.5. The highest BCUT2D eigenvalue weighted by molar-refractivity contribution is 5.86. The summed E-state index contributed by atoms with van der Waals surface area (Å²) in [6.07, 6.45) is 2.78. The van der Waals surface area contributed by atoms with Crippen LogP contribution in [0.25, 0.3) is 21.9 Å². The van der Waals surface area contributed by atoms with Crippen LogP contribution in [0, 0.1) is 0 Å². The summed E-state index contributed by atoms with van der Waals surface area (Å²) < 4.78 is 0. The first-order valence-corrected chi connectivity index (χ1v) is 8.38. The van der Waals surface area contributed by atoms with Crippen LogP contribution >= 0.6 is 0 Å². The topological polar surface area (TPSA) is 62.1 Å². The Morgan fingerprint density at radius 1 is 1.12 bits per heavy atom. The van der Waals surface area contributed by atoms with E-state index in [4.69, 9.17) is 5.73 Å². The first kappa shape index (κ1) is 15.1. The number of likely N-dealkylation sites (tertiary alicyclic amines) is 1. The predicted octanol–water partition coefficient (Wildman–Crippen LogP) is 2.73. The van der Waals surface area contributed by atoms with Crippen LogP contribution in [0.15, 0.2) is 59.5 Å². The van der Waals surface area contributed by atoms with Gasteiger partial charge in [0.15, 0.2) is 0 Å². The fourth-order valence-electron chi connectivity index (χ4n) is 3.49. The fourth-order valence-corrected chi connectivity index (χ4v) is 3.49. The number of rotatable bonds is 3. The van der Waals surface area contributed by atoms with Crippen LogP contribution in [0.4, 0.5) is 0 Å². The van der Waals surface area contributed by atoms with E-state index in [2.05, 4.69) is 40.2 Å². The number of hydrogen-bond donors (Lipinski definition) is 2. The van der Waals surface area contributed by atoms with Crippen molar-refractivity contribution >= 4 is 10.8 Å². The zero-order valence-electron chi connectivity index (χ0n) is 13.5. The second kappa shape index (κ2) is 6.23. The van der Waals surface area contributed by atoms with Crippen LogP contribution < -0.4 is 11.3 Å². The van der Waals surface area contributed by atoms with E-state index in [9.17, 15) is 4.79 Å². The summed E-state index contributed by atoms with van der Waals surface area (Å²) in [6, 6.07) is 16.9. The maximum Gasteiger partial charge on any atom is 0.255 e. The normalized spacial score (nSPS) is 18.3. The van der Waals surface area contributed by atoms with Gasteiger partial charge in [-0.2, -0.15) is 0 Å². The van der Waals surface area contributed by atoms with Crippen LogP contribution in [0.1, 0.15) is 12.0 Å². The van der Waals surface area contributed by atoms with Crippen LogP contribution in [0.5, 0.6) is 0 Å². The Kier molecular flexibility index (Phi) is 3.92. The lowest BCUT2D eigenvalue weighted by Gasteiger charge is -2.16. The Morgan fingerprint density at radius 2 is 2.00 bits per heavy atom. The molecule has 1 aromatic heterocycles. The first-order valence-electron chi connectivity index (χ1n) is 8.38. The Morgan fingerprint density at radius 3 is 2.83 bits per heavy atom. The molecule has 1 saturated heterocycles. The second-order valence-electron chi connectivity index (χ2n) is 6.59. The van der Waals surface area contributed by atoms with Gasteiger partial charge in [-0.1, -0.05) is 24.3 Å². The monoisotopic (exact) mass is 319 g/mol. The molecule has 3 N–H and O–H groups in total. The molecule has 0 spiro atoms. The summed E-state index contributed by atoms with van der Waals surface area (Å²) in [5.74, 6) is 0. The number of pyridine rings is 1. The summed E-state index contributed by atoms with van der Waals surface area (Å²) in [5.41, 5.74) is 9.56. The van der Waals surface area contributed by atoms with E-state index < -0.39 is 0 Å². The molecule has 1 atom stereocenters. The molecule has 4 nitrogen and oxygen atoms in total. The van der Waals surface area contributed by atoms with Gasteiger partial charge in [-0.3, -0.25) is 9.69 Å². The number of fused-ring (bicyclic) bond motifs is 1. The molecular formula is C20H21N3O. The molecule has 0 bridgehead atoms. The molecule has 4 rings (SSSR count). The van der Waals surface area contributed by atoms with Gasteiger partial charge >= 0.3 is 0 Å². The quantitative estimate of drug-likeness (QED) is 0.780. The third-order valence-corrected chi connectivity index (χ3v) is 4.75. The Hall–Kier alpha value is -2.43. The molecule has 0 amide bonds. The molecule has 1 aliphatic rings. The molecule has 0 radical (unpaired) electrons. The lowest BCUT2D eigenvalue weighted by Crippen LogP contribution is -2.26. The van der Waals surface area contributed by atoms with Gasteiger partial charge in [-0.25, -0.2) is 0 Å². The third kappa shape index (κ3) is 2.98. The van der Waals surface area contributed by atoms with Gasteiger partial charge in [-0.15, -0.1) is 0 Å². The van der Waals surface area contributed by atoms with Crippen LogP contribution in [0.2, 0.25) is 0 Å². The van der Waals surface area contributed by atoms with E-state index in [0.29, 0.717) is 6.04 Å². The average Bonchev–Trinajstić information content (AvgIpc) is 3.00. The molecule has 4 heteroatoms. The summed E-state index contributed by atoms with van der Waals surface area (Å²) in [4.78, 5) is 17.0. The highest BCUT2D eigenvalue weighted by Crippen LogP contribution is 2.24. The van der Waals surface area contributed by atoms with Gasteiger partial charge < -0.3 is 10.7 Å². The van der Waals surface area contributed by atoms with E-state index in [0.717, 1.165) is 42.4 Å². The number of hydrogen-bond acceptors (Lipinski definition) is 3. The van der Waals surface area contributed by atoms with Crippen molar-refractivity contribution in [3.63, 3.8) is 0 Å². The van der Waals surface area contributed by atoms with Gasteiger partial charge in [0.2, 0.25) is 0 Å². The summed E-state index contributed by atoms with van der Waals surface area (Å²) >= 11 is 0. The van der Waals surface area contributed by atoms with E-state index in [1.807, 2.05) is 18.2 Å². The Bertz CT molecular complexity index is 931. The van der Waals surface area contributed by atoms with Crippen LogP contribution in [0.3, 0.4) is 0 Å². The van der Waals surface area contributed by atoms with Gasteiger partial charge in [0.25, 0.3) is 5.56 Å². The minimum atomic E-state index is -0.0434. The molecule has 0 unspecified atom stereocenters. The third-order valence-electron chi connectivity index (χ3n) is 4.75. The summed E-state index contributed by atoms with van der Waals surface area (Å²) in [6.45, 7) is 2.99. The lowest BCUT2D eigenvalue weighted by atomic mass is 10.0. The second-order valence-corrected chi connectivity index (χ2v) is 6.59. The smallest absolute Gasteiger partial charge is 0.255 e. The summed E-state index contributed by atoms with van der Waals surface area (Å²) in [7, 11) is 0. The van der Waals surface area contributed by atoms with Crippen LogP contribution in [-0.4, -0.2) is 29.0 Å². The number of H-pyrrole nitrogens is 1. The first-order chi connectivity index (χ1) is 11.7. The predicted molar refractivity (Wildman–Crippen MR) is 97.9 cm³/mol. The molecule has 2 aromatic carbocycles. The van der Waals surface area contributed by atoms with Crippen molar-refractivity contribution in [3.05, 3.63) is 70.6 Å². The van der Waals surface area contributed by atoms with E-state index in [1.165, 1.54) is 11.1 Å². The molecule has 122 valence electrons. The molecule has 3 aromatic rings. The Labute approximate surface area is 140 Å². The van der Waals surface area contributed by atoms with E-state index >= 15 is 0 Å². The SMILES string of the molecule is N[C@H]1CCN(Cc2cccc(-c3ccc4c(=O)[nH]ccc4c3)c2)C1. The van der Waals surface area contributed by atoms with Crippen molar-refractivity contribution < 1.29 is 0 Å². The van der Waals surface area contributed by atoms with Crippen LogP contribution in [-0.2, 0) is 6.54 Å². The number of aromatic amines is 1. The molecule has 0 saturated carbocycles. The molecular weight excluding hydrogens is 298 g/mol. The van der Waals surface area contributed by atoms with Crippen molar-refractivity contribution in [2.75, 3.05) is 13.1 Å². The summed E-state index contributed by atoms with van der Waals surface area (Å²) in [5, 5.41) is 1.69. The molecule has 1 aliphatic heterocycles. The molecule has 2 heterocycles. The van der Waals surface area contributed by atoms with Crippen molar-refractivity contribution in [1.29, 1.82) is 0 Å². The lowest BCUT2D eigenvalue weighted by molar-refractivity contribution is 0.327. The highest BCUT2D eigenvalue weighted by Gasteiger charge is 2.18. The minimum Gasteiger partial charge on any atom is -0.329 e. The van der Waals surface area contributed by atoms with Gasteiger partial charge in [0, 0.05) is 37.3 Å². The minimum absolute atomic E-state index is 0.0434. The fraction of sp³-hybridized carbons (Fsp3) is 0.250.